The van der Waals surface area contributed by atoms with Crippen molar-refractivity contribution in [1.29, 1.82) is 0 Å². The Morgan fingerprint density at radius 2 is 1.74 bits per heavy atom. The van der Waals surface area contributed by atoms with Crippen molar-refractivity contribution in [3.05, 3.63) is 53.8 Å². The molecule has 2 aromatic rings. The third-order valence-electron chi connectivity index (χ3n) is 5.76. The van der Waals surface area contributed by atoms with E-state index in [4.69, 9.17) is 9.47 Å². The lowest BCUT2D eigenvalue weighted by Crippen LogP contribution is -2.52. The van der Waals surface area contributed by atoms with E-state index in [-0.39, 0.29) is 31.0 Å². The molecule has 0 radical (unpaired) electrons. The highest BCUT2D eigenvalue weighted by atomic mass is 32.2. The van der Waals surface area contributed by atoms with Gasteiger partial charge in [0.05, 0.1) is 11.9 Å². The number of hydrogen-bond acceptors (Lipinski definition) is 6. The molecule has 2 amide bonds. The number of carbonyl (C=O) groups is 2. The lowest BCUT2D eigenvalue weighted by molar-refractivity contribution is -0.139. The van der Waals surface area contributed by atoms with E-state index in [2.05, 4.69) is 5.32 Å². The number of sulfonamides is 1. The molecule has 2 aromatic carbocycles. The van der Waals surface area contributed by atoms with E-state index in [0.717, 1.165) is 10.6 Å². The largest absolute Gasteiger partial charge is 0.454 e. The van der Waals surface area contributed by atoms with Crippen molar-refractivity contribution < 1.29 is 31.9 Å². The Balaban J connectivity index is 1.90. The van der Waals surface area contributed by atoms with Crippen LogP contribution in [0.25, 0.3) is 0 Å². The highest BCUT2D eigenvalue weighted by Crippen LogP contribution is 2.36. The summed E-state index contributed by atoms with van der Waals surface area (Å²) in [5.74, 6) is -0.553. The first-order chi connectivity index (χ1) is 16.5. The lowest BCUT2D eigenvalue weighted by Gasteiger charge is -2.32. The summed E-state index contributed by atoms with van der Waals surface area (Å²) in [5, 5.41) is 2.85. The van der Waals surface area contributed by atoms with E-state index >= 15 is 0 Å². The molecule has 3 rings (SSSR count). The summed E-state index contributed by atoms with van der Waals surface area (Å²) >= 11 is 0. The van der Waals surface area contributed by atoms with Gasteiger partial charge in [-0.25, -0.2) is 12.8 Å². The number of amides is 2. The second-order valence-electron chi connectivity index (χ2n) is 8.45. The van der Waals surface area contributed by atoms with Gasteiger partial charge in [0.25, 0.3) is 0 Å². The number of ether oxygens (including phenoxy) is 2. The molecule has 1 heterocycles. The molecule has 0 bridgehead atoms. The van der Waals surface area contributed by atoms with Crippen molar-refractivity contribution in [3.63, 3.8) is 0 Å². The molecule has 35 heavy (non-hydrogen) atoms. The summed E-state index contributed by atoms with van der Waals surface area (Å²) in [4.78, 5) is 27.6. The molecule has 1 aliphatic heterocycles. The fraction of sp³-hybridized carbons (Fsp3) is 0.417. The van der Waals surface area contributed by atoms with Crippen molar-refractivity contribution >= 4 is 27.5 Å². The number of rotatable bonds is 10. The van der Waals surface area contributed by atoms with Crippen LogP contribution in [0.5, 0.6) is 11.5 Å². The molecule has 0 aromatic heterocycles. The van der Waals surface area contributed by atoms with Crippen LogP contribution in [0.1, 0.15) is 32.8 Å². The summed E-state index contributed by atoms with van der Waals surface area (Å²) in [6.45, 7) is 4.82. The number of fused-ring (bicyclic) bond motifs is 1. The van der Waals surface area contributed by atoms with Gasteiger partial charge in [0, 0.05) is 18.7 Å². The van der Waals surface area contributed by atoms with Crippen LogP contribution in [-0.4, -0.2) is 56.8 Å². The van der Waals surface area contributed by atoms with Crippen LogP contribution in [0, 0.1) is 5.82 Å². The van der Waals surface area contributed by atoms with Gasteiger partial charge in [-0.1, -0.05) is 19.1 Å². The Morgan fingerprint density at radius 3 is 2.37 bits per heavy atom. The van der Waals surface area contributed by atoms with Crippen molar-refractivity contribution in [3.8, 4) is 11.5 Å². The van der Waals surface area contributed by atoms with Gasteiger partial charge in [-0.05, 0) is 50.1 Å². The number of hydrogen-bond donors (Lipinski definition) is 1. The molecular weight excluding hydrogens is 477 g/mol. The van der Waals surface area contributed by atoms with E-state index in [1.165, 1.54) is 41.3 Å². The maximum Gasteiger partial charge on any atom is 0.244 e. The number of halogens is 1. The summed E-state index contributed by atoms with van der Waals surface area (Å²) in [6, 6.07) is 9.12. The van der Waals surface area contributed by atoms with E-state index in [1.807, 2.05) is 13.8 Å². The van der Waals surface area contributed by atoms with Crippen molar-refractivity contribution in [2.75, 3.05) is 23.9 Å². The van der Waals surface area contributed by atoms with E-state index in [0.29, 0.717) is 23.5 Å². The average Bonchev–Trinajstić information content (AvgIpc) is 3.28. The topological polar surface area (TPSA) is 105 Å². The highest BCUT2D eigenvalue weighted by Gasteiger charge is 2.31. The van der Waals surface area contributed by atoms with Gasteiger partial charge >= 0.3 is 0 Å². The van der Waals surface area contributed by atoms with Gasteiger partial charge in [0.15, 0.2) is 11.5 Å². The fourth-order valence-electron chi connectivity index (χ4n) is 3.49. The van der Waals surface area contributed by atoms with Gasteiger partial charge in [-0.3, -0.25) is 13.9 Å². The Morgan fingerprint density at radius 1 is 1.09 bits per heavy atom. The third-order valence-corrected chi connectivity index (χ3v) is 6.90. The number of anilines is 1. The molecular formula is C24H30FN3O6S. The molecule has 0 unspecified atom stereocenters. The van der Waals surface area contributed by atoms with Crippen LogP contribution >= 0.6 is 0 Å². The number of carbonyl (C=O) groups excluding carboxylic acids is 2. The van der Waals surface area contributed by atoms with Crippen LogP contribution in [0.4, 0.5) is 10.1 Å². The van der Waals surface area contributed by atoms with E-state index < -0.39 is 34.3 Å². The minimum atomic E-state index is -3.87. The molecule has 0 spiro atoms. The van der Waals surface area contributed by atoms with Gasteiger partial charge in [0.2, 0.25) is 28.6 Å². The van der Waals surface area contributed by atoms with Gasteiger partial charge < -0.3 is 19.7 Å². The monoisotopic (exact) mass is 507 g/mol. The zero-order valence-electron chi connectivity index (χ0n) is 20.2. The predicted molar refractivity (Wildman–Crippen MR) is 129 cm³/mol. The Bertz CT molecular complexity index is 1170. The normalized spacial score (nSPS) is 14.2. The van der Waals surface area contributed by atoms with Crippen LogP contribution in [0.15, 0.2) is 42.5 Å². The standard InChI is InChI=1S/C24H30FN3O6S/c1-5-16(2)26-24(30)17(3)27(13-18-6-8-19(25)9-7-18)23(29)14-28(35(4,31)32)20-10-11-21-22(12-20)34-15-33-21/h6-12,16-17H,5,13-15H2,1-4H3,(H,26,30)/t16-,17+/m1/s1. The first-order valence-electron chi connectivity index (χ1n) is 11.2. The first-order valence-corrected chi connectivity index (χ1v) is 13.1. The Kier molecular flexibility index (Phi) is 8.21. The summed E-state index contributed by atoms with van der Waals surface area (Å²) in [6.07, 6.45) is 1.70. The van der Waals surface area contributed by atoms with Gasteiger partial charge in [0.1, 0.15) is 18.4 Å². The molecule has 190 valence electrons. The second kappa shape index (κ2) is 10.9. The Hall–Kier alpha value is -3.34. The molecule has 11 heteroatoms. The highest BCUT2D eigenvalue weighted by molar-refractivity contribution is 7.92. The van der Waals surface area contributed by atoms with Crippen molar-refractivity contribution in [2.24, 2.45) is 0 Å². The molecule has 9 nitrogen and oxygen atoms in total. The summed E-state index contributed by atoms with van der Waals surface area (Å²) in [5.41, 5.74) is 0.820. The van der Waals surface area contributed by atoms with E-state index in [1.54, 1.807) is 13.0 Å². The summed E-state index contributed by atoms with van der Waals surface area (Å²) in [7, 11) is -3.87. The molecule has 0 saturated heterocycles. The molecule has 1 N–H and O–H groups in total. The van der Waals surface area contributed by atoms with Gasteiger partial charge in [-0.2, -0.15) is 0 Å². The Labute approximate surface area is 204 Å². The fourth-order valence-corrected chi connectivity index (χ4v) is 4.33. The molecule has 0 aliphatic carbocycles. The third kappa shape index (κ3) is 6.62. The maximum absolute atomic E-state index is 13.5. The van der Waals surface area contributed by atoms with Crippen molar-refractivity contribution in [2.45, 2.75) is 45.8 Å². The van der Waals surface area contributed by atoms with Crippen LogP contribution in [-0.2, 0) is 26.2 Å². The smallest absolute Gasteiger partial charge is 0.244 e. The lowest BCUT2D eigenvalue weighted by atomic mass is 10.1. The van der Waals surface area contributed by atoms with Crippen molar-refractivity contribution in [1.82, 2.24) is 10.2 Å². The number of nitrogens with one attached hydrogen (secondary N) is 1. The zero-order chi connectivity index (χ0) is 25.8. The van der Waals surface area contributed by atoms with Crippen LogP contribution in [0.2, 0.25) is 0 Å². The minimum absolute atomic E-state index is 0.00700. The minimum Gasteiger partial charge on any atom is -0.454 e. The first kappa shape index (κ1) is 26.3. The quantitative estimate of drug-likeness (QED) is 0.530. The molecule has 0 saturated carbocycles. The second-order valence-corrected chi connectivity index (χ2v) is 10.4. The summed E-state index contributed by atoms with van der Waals surface area (Å²) < 4.78 is 50.2. The SMILES string of the molecule is CC[C@@H](C)NC(=O)[C@H](C)N(Cc1ccc(F)cc1)C(=O)CN(c1ccc2c(c1)OCO2)S(C)(=O)=O. The maximum atomic E-state index is 13.5. The number of nitrogens with zero attached hydrogens (tertiary/aromatic N) is 2. The van der Waals surface area contributed by atoms with Crippen LogP contribution in [0.3, 0.4) is 0 Å². The van der Waals surface area contributed by atoms with Crippen LogP contribution < -0.4 is 19.1 Å². The number of benzene rings is 2. The van der Waals surface area contributed by atoms with Gasteiger partial charge in [-0.15, -0.1) is 0 Å². The molecule has 2 atom stereocenters. The predicted octanol–water partition coefficient (Wildman–Crippen LogP) is 2.65. The van der Waals surface area contributed by atoms with E-state index in [9.17, 15) is 22.4 Å². The zero-order valence-corrected chi connectivity index (χ0v) is 21.0. The molecule has 1 aliphatic rings. The molecule has 0 fully saturated rings. The average molecular weight is 508 g/mol.